The smallest absolute Gasteiger partial charge is 0.162 e. The largest absolute Gasteiger partial charge is 0.205 e. The lowest BCUT2D eigenvalue weighted by Gasteiger charge is -1.96. The highest BCUT2D eigenvalue weighted by Gasteiger charge is 2.11. The third kappa shape index (κ3) is 1.01. The molecule has 62 valence electrons. The van der Waals surface area contributed by atoms with Crippen molar-refractivity contribution in [3.63, 3.8) is 0 Å². The van der Waals surface area contributed by atoms with Crippen LogP contribution in [0.4, 0.5) is 8.78 Å². The van der Waals surface area contributed by atoms with Crippen LogP contribution in [0.1, 0.15) is 0 Å². The molecule has 0 nitrogen and oxygen atoms in total. The van der Waals surface area contributed by atoms with Crippen molar-refractivity contribution < 1.29 is 8.78 Å². The minimum Gasteiger partial charge on any atom is -0.205 e. The second-order valence-corrected chi connectivity index (χ2v) is 3.62. The molecule has 0 fully saturated rings. The highest BCUT2D eigenvalue weighted by Crippen LogP contribution is 2.30. The molecule has 0 bridgehead atoms. The minimum atomic E-state index is -0.708. The molecular formula is C8H3ClF2S. The van der Waals surface area contributed by atoms with Crippen molar-refractivity contribution in [2.75, 3.05) is 0 Å². The highest BCUT2D eigenvalue weighted by molar-refractivity contribution is 7.17. The first-order valence-electron chi connectivity index (χ1n) is 3.21. The van der Waals surface area contributed by atoms with Gasteiger partial charge < -0.3 is 0 Å². The van der Waals surface area contributed by atoms with Gasteiger partial charge in [0.05, 0.1) is 4.70 Å². The van der Waals surface area contributed by atoms with Crippen LogP contribution in [-0.4, -0.2) is 0 Å². The Balaban J connectivity index is 2.94. The molecule has 0 saturated carbocycles. The van der Waals surface area contributed by atoms with Gasteiger partial charge in [0.15, 0.2) is 5.82 Å². The van der Waals surface area contributed by atoms with Crippen LogP contribution in [0.3, 0.4) is 0 Å². The second-order valence-electron chi connectivity index (χ2n) is 2.33. The lowest BCUT2D eigenvalue weighted by Crippen LogP contribution is -1.82. The van der Waals surface area contributed by atoms with Crippen molar-refractivity contribution >= 4 is 33.0 Å². The van der Waals surface area contributed by atoms with Gasteiger partial charge in [0.25, 0.3) is 0 Å². The summed E-state index contributed by atoms with van der Waals surface area (Å²) in [5.41, 5.74) is 0. The van der Waals surface area contributed by atoms with Crippen molar-refractivity contribution in [2.24, 2.45) is 0 Å². The Kier molecular flexibility index (Phi) is 1.77. The van der Waals surface area contributed by atoms with Gasteiger partial charge in [0, 0.05) is 0 Å². The summed E-state index contributed by atoms with van der Waals surface area (Å²) in [5.74, 6) is -1.37. The fourth-order valence-corrected chi connectivity index (χ4v) is 2.04. The third-order valence-corrected chi connectivity index (χ3v) is 2.85. The molecule has 2 rings (SSSR count). The van der Waals surface area contributed by atoms with Crippen LogP contribution in [0, 0.1) is 11.6 Å². The van der Waals surface area contributed by atoms with Crippen LogP contribution in [-0.2, 0) is 0 Å². The van der Waals surface area contributed by atoms with E-state index >= 15 is 0 Å². The molecule has 0 radical (unpaired) electrons. The van der Waals surface area contributed by atoms with Gasteiger partial charge in [0.2, 0.25) is 0 Å². The Morgan fingerprint density at radius 3 is 2.83 bits per heavy atom. The van der Waals surface area contributed by atoms with E-state index in [-0.39, 0.29) is 0 Å². The molecule has 0 aliphatic carbocycles. The predicted molar refractivity (Wildman–Crippen MR) is 46.8 cm³/mol. The summed E-state index contributed by atoms with van der Waals surface area (Å²) in [4.78, 5) is 0. The molecule has 1 aromatic carbocycles. The Morgan fingerprint density at radius 1 is 1.33 bits per heavy atom. The Hall–Kier alpha value is -0.670. The molecule has 0 atom stereocenters. The topological polar surface area (TPSA) is 0 Å². The van der Waals surface area contributed by atoms with E-state index in [0.29, 0.717) is 10.1 Å². The molecule has 0 spiro atoms. The zero-order chi connectivity index (χ0) is 8.72. The third-order valence-electron chi connectivity index (χ3n) is 1.58. The first-order valence-corrected chi connectivity index (χ1v) is 4.46. The van der Waals surface area contributed by atoms with Crippen LogP contribution < -0.4 is 0 Å². The van der Waals surface area contributed by atoms with Crippen molar-refractivity contribution in [2.45, 2.75) is 0 Å². The molecule has 0 amide bonds. The molecule has 12 heavy (non-hydrogen) atoms. The summed E-state index contributed by atoms with van der Waals surface area (Å²) in [5, 5.41) is 1.83. The maximum Gasteiger partial charge on any atom is 0.162 e. The van der Waals surface area contributed by atoms with Crippen LogP contribution in [0.15, 0.2) is 17.5 Å². The molecule has 0 aliphatic heterocycles. The van der Waals surface area contributed by atoms with Gasteiger partial charge in [-0.2, -0.15) is 0 Å². The summed E-state index contributed by atoms with van der Waals surface area (Å²) in [6.45, 7) is 0. The molecule has 0 N–H and O–H groups in total. The maximum atomic E-state index is 13.1. The van der Waals surface area contributed by atoms with Crippen LogP contribution >= 0.6 is 22.9 Å². The molecule has 0 saturated heterocycles. The molecule has 0 aliphatic rings. The Morgan fingerprint density at radius 2 is 2.08 bits per heavy atom. The monoisotopic (exact) mass is 204 g/mol. The van der Waals surface area contributed by atoms with E-state index in [1.54, 1.807) is 11.4 Å². The number of hydrogen-bond acceptors (Lipinski definition) is 1. The molecule has 1 heterocycles. The SMILES string of the molecule is Fc1cc2ccsc2c(F)c1Cl. The molecule has 4 heteroatoms. The summed E-state index contributed by atoms with van der Waals surface area (Å²) in [7, 11) is 0. The minimum absolute atomic E-state index is 0.404. The number of thiophene rings is 1. The van der Waals surface area contributed by atoms with Crippen LogP contribution in [0.25, 0.3) is 10.1 Å². The van der Waals surface area contributed by atoms with Crippen molar-refractivity contribution in [3.05, 3.63) is 34.2 Å². The van der Waals surface area contributed by atoms with Crippen LogP contribution in [0.2, 0.25) is 5.02 Å². The van der Waals surface area contributed by atoms with E-state index in [4.69, 9.17) is 11.6 Å². The maximum absolute atomic E-state index is 13.1. The summed E-state index contributed by atoms with van der Waals surface area (Å²) in [6.07, 6.45) is 0. The zero-order valence-corrected chi connectivity index (χ0v) is 7.35. The quantitative estimate of drug-likeness (QED) is 0.572. The fraction of sp³-hybridized carbons (Fsp3) is 0. The normalized spacial score (nSPS) is 10.9. The van der Waals surface area contributed by atoms with Crippen LogP contribution in [0.5, 0.6) is 0 Å². The van der Waals surface area contributed by atoms with E-state index in [2.05, 4.69) is 0 Å². The Labute approximate surface area is 76.4 Å². The van der Waals surface area contributed by atoms with E-state index in [1.165, 1.54) is 17.4 Å². The average molecular weight is 205 g/mol. The van der Waals surface area contributed by atoms with E-state index < -0.39 is 16.7 Å². The lowest BCUT2D eigenvalue weighted by molar-refractivity contribution is 0.594. The van der Waals surface area contributed by atoms with Gasteiger partial charge in [0.1, 0.15) is 10.8 Å². The zero-order valence-electron chi connectivity index (χ0n) is 5.77. The van der Waals surface area contributed by atoms with Crippen molar-refractivity contribution in [3.8, 4) is 0 Å². The number of benzene rings is 1. The van der Waals surface area contributed by atoms with Crippen molar-refractivity contribution in [1.82, 2.24) is 0 Å². The number of fused-ring (bicyclic) bond motifs is 1. The summed E-state index contributed by atoms with van der Waals surface area (Å²) in [6, 6.07) is 2.89. The predicted octanol–water partition coefficient (Wildman–Crippen LogP) is 3.83. The highest BCUT2D eigenvalue weighted by atomic mass is 35.5. The number of rotatable bonds is 0. The van der Waals surface area contributed by atoms with Gasteiger partial charge >= 0.3 is 0 Å². The van der Waals surface area contributed by atoms with Gasteiger partial charge in [-0.3, -0.25) is 0 Å². The molecule has 2 aromatic rings. The first kappa shape index (κ1) is 7.95. The summed E-state index contributed by atoms with van der Waals surface area (Å²) < 4.78 is 26.4. The van der Waals surface area contributed by atoms with E-state index in [1.807, 2.05) is 0 Å². The molecule has 0 unspecified atom stereocenters. The molecular weight excluding hydrogens is 202 g/mol. The van der Waals surface area contributed by atoms with Gasteiger partial charge in [-0.25, -0.2) is 8.78 Å². The second kappa shape index (κ2) is 2.68. The van der Waals surface area contributed by atoms with Gasteiger partial charge in [-0.15, -0.1) is 11.3 Å². The fourth-order valence-electron chi connectivity index (χ4n) is 1.02. The van der Waals surface area contributed by atoms with Gasteiger partial charge in [-0.05, 0) is 22.9 Å². The number of halogens is 3. The first-order chi connectivity index (χ1) is 5.70. The number of hydrogen-bond donors (Lipinski definition) is 0. The van der Waals surface area contributed by atoms with Crippen molar-refractivity contribution in [1.29, 1.82) is 0 Å². The van der Waals surface area contributed by atoms with E-state index in [0.717, 1.165) is 0 Å². The molecule has 1 aromatic heterocycles. The lowest BCUT2D eigenvalue weighted by atomic mass is 10.2. The standard InChI is InChI=1S/C8H3ClF2S/c9-6-5(10)3-4-1-2-12-8(4)7(6)11/h1-3H. The van der Waals surface area contributed by atoms with E-state index in [9.17, 15) is 8.78 Å². The summed E-state index contributed by atoms with van der Waals surface area (Å²) >= 11 is 6.58. The Bertz CT molecular complexity index is 436. The van der Waals surface area contributed by atoms with Gasteiger partial charge in [-0.1, -0.05) is 11.6 Å². The average Bonchev–Trinajstić information content (AvgIpc) is 2.48.